The van der Waals surface area contributed by atoms with Gasteiger partial charge in [0.2, 0.25) is 5.91 Å². The highest BCUT2D eigenvalue weighted by Gasteiger charge is 2.16. The molecule has 0 heterocycles. The van der Waals surface area contributed by atoms with Crippen molar-refractivity contribution in [2.24, 2.45) is 0 Å². The molecule has 1 aromatic rings. The first-order chi connectivity index (χ1) is 8.93. The maximum Gasteiger partial charge on any atom is 0.328 e. The van der Waals surface area contributed by atoms with Crippen molar-refractivity contribution in [1.29, 1.82) is 0 Å². The van der Waals surface area contributed by atoms with Gasteiger partial charge in [0.25, 0.3) is 0 Å². The van der Waals surface area contributed by atoms with Gasteiger partial charge in [-0.05, 0) is 31.1 Å². The minimum absolute atomic E-state index is 0.554. The fraction of sp³-hybridized carbons (Fsp3) is 0.286. The van der Waals surface area contributed by atoms with Crippen LogP contribution in [0.3, 0.4) is 0 Å². The zero-order chi connectivity index (χ0) is 14.4. The van der Waals surface area contributed by atoms with Gasteiger partial charge in [-0.25, -0.2) is 4.79 Å². The third kappa shape index (κ3) is 4.56. The Balaban J connectivity index is 2.70. The Morgan fingerprint density at radius 3 is 2.58 bits per heavy atom. The van der Waals surface area contributed by atoms with E-state index in [0.29, 0.717) is 0 Å². The number of benzene rings is 1. The molecule has 1 aromatic carbocycles. The van der Waals surface area contributed by atoms with E-state index in [1.54, 1.807) is 6.08 Å². The second-order valence-electron chi connectivity index (χ2n) is 4.28. The van der Waals surface area contributed by atoms with Crippen LogP contribution >= 0.6 is 0 Å². The number of hydrogen-bond acceptors (Lipinski definition) is 3. The summed E-state index contributed by atoms with van der Waals surface area (Å²) in [6, 6.07) is 4.52. The van der Waals surface area contributed by atoms with Crippen LogP contribution < -0.4 is 5.32 Å². The van der Waals surface area contributed by atoms with Crippen molar-refractivity contribution in [3.63, 3.8) is 0 Å². The molecular weight excluding hydrogens is 246 g/mol. The summed E-state index contributed by atoms with van der Waals surface area (Å²) in [4.78, 5) is 22.1. The van der Waals surface area contributed by atoms with Gasteiger partial charge in [0.15, 0.2) is 6.04 Å². The van der Waals surface area contributed by atoms with Crippen molar-refractivity contribution in [3.8, 4) is 0 Å². The molecule has 0 saturated heterocycles. The van der Waals surface area contributed by atoms with Gasteiger partial charge in [0, 0.05) is 6.08 Å². The van der Waals surface area contributed by atoms with Crippen LogP contribution in [0.5, 0.6) is 0 Å². The molecule has 0 aliphatic rings. The van der Waals surface area contributed by atoms with Crippen molar-refractivity contribution < 1.29 is 19.8 Å². The Kier molecular flexibility index (Phi) is 5.26. The molecule has 0 bridgehead atoms. The number of nitrogens with one attached hydrogen (secondary N) is 1. The highest BCUT2D eigenvalue weighted by molar-refractivity contribution is 5.94. The molecule has 0 fully saturated rings. The van der Waals surface area contributed by atoms with Gasteiger partial charge in [0.05, 0.1) is 6.61 Å². The first kappa shape index (κ1) is 14.9. The molecule has 0 aromatic heterocycles. The van der Waals surface area contributed by atoms with Crippen LogP contribution in [0, 0.1) is 13.8 Å². The fourth-order valence-corrected chi connectivity index (χ4v) is 1.58. The highest BCUT2D eigenvalue weighted by atomic mass is 16.4. The number of aliphatic carboxylic acids is 1. The molecule has 0 aliphatic heterocycles. The number of amides is 1. The number of hydrogen-bond donors (Lipinski definition) is 3. The summed E-state index contributed by atoms with van der Waals surface area (Å²) in [5.41, 5.74) is 3.04. The average molecular weight is 263 g/mol. The van der Waals surface area contributed by atoms with Crippen LogP contribution in [0.2, 0.25) is 0 Å². The lowest BCUT2D eigenvalue weighted by Gasteiger charge is -2.09. The van der Waals surface area contributed by atoms with Gasteiger partial charge in [-0.2, -0.15) is 0 Å². The molecule has 1 amide bonds. The molecule has 19 heavy (non-hydrogen) atoms. The van der Waals surface area contributed by atoms with Crippen LogP contribution in [0.4, 0.5) is 0 Å². The van der Waals surface area contributed by atoms with Gasteiger partial charge < -0.3 is 15.5 Å². The van der Waals surface area contributed by atoms with E-state index in [4.69, 9.17) is 10.2 Å². The standard InChI is InChI=1S/C14H17NO4/c1-9-3-4-11(10(2)7-9)5-6-13(17)15-12(8-16)14(18)19/h3-7,12,16H,8H2,1-2H3,(H,15,17)(H,18,19)/b6-5+/t12-/m0/s1. The largest absolute Gasteiger partial charge is 0.480 e. The smallest absolute Gasteiger partial charge is 0.328 e. The van der Waals surface area contributed by atoms with Gasteiger partial charge in [-0.15, -0.1) is 0 Å². The van der Waals surface area contributed by atoms with Gasteiger partial charge in [-0.1, -0.05) is 23.8 Å². The molecule has 5 nitrogen and oxygen atoms in total. The predicted molar refractivity (Wildman–Crippen MR) is 71.6 cm³/mol. The summed E-state index contributed by atoms with van der Waals surface area (Å²) in [5.74, 6) is -1.82. The number of rotatable bonds is 5. The monoisotopic (exact) mass is 263 g/mol. The molecule has 0 saturated carbocycles. The molecule has 0 aliphatic carbocycles. The summed E-state index contributed by atoms with van der Waals surface area (Å²) in [7, 11) is 0. The van der Waals surface area contributed by atoms with Gasteiger partial charge in [-0.3, -0.25) is 4.79 Å². The van der Waals surface area contributed by atoms with Gasteiger partial charge >= 0.3 is 5.97 Å². The van der Waals surface area contributed by atoms with E-state index in [0.717, 1.165) is 16.7 Å². The second-order valence-corrected chi connectivity index (χ2v) is 4.28. The van der Waals surface area contributed by atoms with Crippen LogP contribution in [0.1, 0.15) is 16.7 Å². The fourth-order valence-electron chi connectivity index (χ4n) is 1.58. The Hall–Kier alpha value is -2.14. The minimum atomic E-state index is -1.28. The summed E-state index contributed by atoms with van der Waals surface area (Å²) >= 11 is 0. The Bertz CT molecular complexity index is 508. The van der Waals surface area contributed by atoms with E-state index in [2.05, 4.69) is 5.32 Å². The SMILES string of the molecule is Cc1ccc(/C=C/C(=O)N[C@@H](CO)C(=O)O)c(C)c1. The van der Waals surface area contributed by atoms with Crippen LogP contribution in [-0.4, -0.2) is 34.7 Å². The quantitative estimate of drug-likeness (QED) is 0.688. The van der Waals surface area contributed by atoms with E-state index in [9.17, 15) is 9.59 Å². The molecular formula is C14H17NO4. The lowest BCUT2D eigenvalue weighted by molar-refractivity contribution is -0.142. The van der Waals surface area contributed by atoms with Gasteiger partial charge in [0.1, 0.15) is 0 Å². The van der Waals surface area contributed by atoms with Crippen LogP contribution in [-0.2, 0) is 9.59 Å². The van der Waals surface area contributed by atoms with E-state index >= 15 is 0 Å². The first-order valence-electron chi connectivity index (χ1n) is 5.83. The molecule has 0 spiro atoms. The first-order valence-corrected chi connectivity index (χ1v) is 5.83. The normalized spacial score (nSPS) is 12.4. The molecule has 1 rings (SSSR count). The molecule has 3 N–H and O–H groups in total. The van der Waals surface area contributed by atoms with Crippen LogP contribution in [0.15, 0.2) is 24.3 Å². The topological polar surface area (TPSA) is 86.6 Å². The number of carboxylic acids is 1. The molecule has 5 heteroatoms. The van der Waals surface area contributed by atoms with E-state index in [1.165, 1.54) is 6.08 Å². The zero-order valence-corrected chi connectivity index (χ0v) is 10.9. The number of aryl methyl sites for hydroxylation is 2. The number of carbonyl (C=O) groups excluding carboxylic acids is 1. The average Bonchev–Trinajstić information content (AvgIpc) is 2.34. The van der Waals surface area contributed by atoms with Crippen molar-refractivity contribution in [3.05, 3.63) is 41.0 Å². The van der Waals surface area contributed by atoms with Crippen molar-refractivity contribution in [2.45, 2.75) is 19.9 Å². The number of carbonyl (C=O) groups is 2. The summed E-state index contributed by atoms with van der Waals surface area (Å²) in [6.45, 7) is 3.27. The van der Waals surface area contributed by atoms with Crippen molar-refractivity contribution in [1.82, 2.24) is 5.32 Å². The number of carboxylic acid groups (broad SMARTS) is 1. The lowest BCUT2D eigenvalue weighted by Crippen LogP contribution is -2.42. The zero-order valence-electron chi connectivity index (χ0n) is 10.9. The Labute approximate surface area is 111 Å². The van der Waals surface area contributed by atoms with Crippen LogP contribution in [0.25, 0.3) is 6.08 Å². The Morgan fingerprint density at radius 2 is 2.05 bits per heavy atom. The van der Waals surface area contributed by atoms with E-state index in [1.807, 2.05) is 32.0 Å². The van der Waals surface area contributed by atoms with Crippen molar-refractivity contribution >= 4 is 18.0 Å². The lowest BCUT2D eigenvalue weighted by atomic mass is 10.1. The van der Waals surface area contributed by atoms with E-state index < -0.39 is 24.5 Å². The van der Waals surface area contributed by atoms with Crippen molar-refractivity contribution in [2.75, 3.05) is 6.61 Å². The number of aliphatic hydroxyl groups excluding tert-OH is 1. The number of aliphatic hydroxyl groups is 1. The summed E-state index contributed by atoms with van der Waals surface area (Å²) < 4.78 is 0. The second kappa shape index (κ2) is 6.70. The summed E-state index contributed by atoms with van der Waals surface area (Å²) in [6.07, 6.45) is 2.86. The third-order valence-corrected chi connectivity index (χ3v) is 2.64. The summed E-state index contributed by atoms with van der Waals surface area (Å²) in [5, 5.41) is 19.7. The molecule has 1 atom stereocenters. The molecule has 102 valence electrons. The third-order valence-electron chi connectivity index (χ3n) is 2.64. The highest BCUT2D eigenvalue weighted by Crippen LogP contribution is 2.11. The maximum absolute atomic E-state index is 11.5. The predicted octanol–water partition coefficient (Wildman–Crippen LogP) is 0.878. The van der Waals surface area contributed by atoms with E-state index in [-0.39, 0.29) is 0 Å². The molecule has 0 radical (unpaired) electrons. The minimum Gasteiger partial charge on any atom is -0.480 e. The molecule has 0 unspecified atom stereocenters. The Morgan fingerprint density at radius 1 is 1.37 bits per heavy atom. The maximum atomic E-state index is 11.5.